The fourth-order valence-corrected chi connectivity index (χ4v) is 2.75. The summed E-state index contributed by atoms with van der Waals surface area (Å²) < 4.78 is 5.67. The van der Waals surface area contributed by atoms with Gasteiger partial charge in [-0.3, -0.25) is 9.59 Å². The summed E-state index contributed by atoms with van der Waals surface area (Å²) in [4.78, 5) is 27.0. The van der Waals surface area contributed by atoms with Gasteiger partial charge in [0.1, 0.15) is 11.8 Å². The van der Waals surface area contributed by atoms with Gasteiger partial charge in [0, 0.05) is 13.1 Å². The average molecular weight is 383 g/mol. The smallest absolute Gasteiger partial charge is 0.261 e. The standard InChI is InChI=1S/C23H30N2O3/c1-17(2)14-24-23(27)19(4)25(15-20-10-6-5-7-11-20)22(26)16-28-21-12-8-9-18(3)13-21/h5-13,17,19H,14-16H2,1-4H3,(H,24,27)/t19-/m0/s1. The van der Waals surface area contributed by atoms with Gasteiger partial charge in [0.15, 0.2) is 6.61 Å². The van der Waals surface area contributed by atoms with Gasteiger partial charge < -0.3 is 15.0 Å². The maximum Gasteiger partial charge on any atom is 0.261 e. The highest BCUT2D eigenvalue weighted by Gasteiger charge is 2.26. The Balaban J connectivity index is 2.09. The summed E-state index contributed by atoms with van der Waals surface area (Å²) >= 11 is 0. The van der Waals surface area contributed by atoms with Crippen molar-refractivity contribution in [2.45, 2.75) is 40.3 Å². The number of aryl methyl sites for hydroxylation is 1. The molecule has 0 fully saturated rings. The molecule has 28 heavy (non-hydrogen) atoms. The second kappa shape index (κ2) is 10.5. The van der Waals surface area contributed by atoms with E-state index < -0.39 is 6.04 Å². The van der Waals surface area contributed by atoms with Gasteiger partial charge in [-0.25, -0.2) is 0 Å². The van der Waals surface area contributed by atoms with E-state index in [1.165, 1.54) is 0 Å². The number of carbonyl (C=O) groups excluding carboxylic acids is 2. The SMILES string of the molecule is Cc1cccc(OCC(=O)N(Cc2ccccc2)[C@@H](C)C(=O)NCC(C)C)c1. The molecule has 0 bridgehead atoms. The van der Waals surface area contributed by atoms with Crippen LogP contribution in [0.15, 0.2) is 54.6 Å². The second-order valence-electron chi connectivity index (χ2n) is 7.43. The maximum atomic E-state index is 12.9. The Morgan fingerprint density at radius 1 is 1.04 bits per heavy atom. The maximum absolute atomic E-state index is 12.9. The van der Waals surface area contributed by atoms with Crippen molar-refractivity contribution >= 4 is 11.8 Å². The van der Waals surface area contributed by atoms with Crippen LogP contribution in [0.3, 0.4) is 0 Å². The van der Waals surface area contributed by atoms with Gasteiger partial charge in [-0.05, 0) is 43.0 Å². The molecule has 1 N–H and O–H groups in total. The Kier molecular flexibility index (Phi) is 8.05. The summed E-state index contributed by atoms with van der Waals surface area (Å²) in [7, 11) is 0. The molecule has 2 amide bonds. The molecule has 5 nitrogen and oxygen atoms in total. The molecule has 0 spiro atoms. The van der Waals surface area contributed by atoms with Crippen LogP contribution in [0.1, 0.15) is 31.9 Å². The lowest BCUT2D eigenvalue weighted by molar-refractivity contribution is -0.142. The minimum atomic E-state index is -0.590. The lowest BCUT2D eigenvalue weighted by Crippen LogP contribution is -2.49. The van der Waals surface area contributed by atoms with Crippen molar-refractivity contribution in [3.8, 4) is 5.75 Å². The predicted octanol–water partition coefficient (Wildman–Crippen LogP) is 3.56. The average Bonchev–Trinajstić information content (AvgIpc) is 2.68. The number of hydrogen-bond acceptors (Lipinski definition) is 3. The van der Waals surface area contributed by atoms with Gasteiger partial charge in [-0.1, -0.05) is 56.3 Å². The van der Waals surface area contributed by atoms with Crippen molar-refractivity contribution in [3.05, 3.63) is 65.7 Å². The van der Waals surface area contributed by atoms with Gasteiger partial charge >= 0.3 is 0 Å². The van der Waals surface area contributed by atoms with Crippen molar-refractivity contribution in [1.29, 1.82) is 0 Å². The van der Waals surface area contributed by atoms with Crippen LogP contribution >= 0.6 is 0 Å². The van der Waals surface area contributed by atoms with Gasteiger partial charge in [0.25, 0.3) is 5.91 Å². The largest absolute Gasteiger partial charge is 0.484 e. The topological polar surface area (TPSA) is 58.6 Å². The number of amides is 2. The van der Waals surface area contributed by atoms with Crippen molar-refractivity contribution in [2.24, 2.45) is 5.92 Å². The first kappa shape index (κ1) is 21.5. The number of rotatable bonds is 9. The Hall–Kier alpha value is -2.82. The first-order chi connectivity index (χ1) is 13.4. The molecule has 0 aromatic heterocycles. The molecule has 150 valence electrons. The highest BCUT2D eigenvalue weighted by molar-refractivity contribution is 5.87. The molecule has 0 aliphatic rings. The predicted molar refractivity (Wildman–Crippen MR) is 111 cm³/mol. The van der Waals surface area contributed by atoms with Gasteiger partial charge in [-0.2, -0.15) is 0 Å². The van der Waals surface area contributed by atoms with Crippen LogP contribution < -0.4 is 10.1 Å². The van der Waals surface area contributed by atoms with Crippen LogP contribution in [-0.2, 0) is 16.1 Å². The molecule has 2 rings (SSSR count). The number of benzene rings is 2. The first-order valence-corrected chi connectivity index (χ1v) is 9.67. The zero-order valence-corrected chi connectivity index (χ0v) is 17.1. The van der Waals surface area contributed by atoms with E-state index in [1.54, 1.807) is 11.8 Å². The van der Waals surface area contributed by atoms with Crippen LogP contribution in [0.2, 0.25) is 0 Å². The van der Waals surface area contributed by atoms with E-state index in [2.05, 4.69) is 5.32 Å². The summed E-state index contributed by atoms with van der Waals surface area (Å²) in [5, 5.41) is 2.91. The Morgan fingerprint density at radius 3 is 2.39 bits per heavy atom. The Morgan fingerprint density at radius 2 is 1.75 bits per heavy atom. The monoisotopic (exact) mass is 382 g/mol. The summed E-state index contributed by atoms with van der Waals surface area (Å²) in [6.07, 6.45) is 0. The zero-order valence-electron chi connectivity index (χ0n) is 17.1. The molecular weight excluding hydrogens is 352 g/mol. The zero-order chi connectivity index (χ0) is 20.5. The molecule has 5 heteroatoms. The number of hydrogen-bond donors (Lipinski definition) is 1. The van der Waals surface area contributed by atoms with E-state index in [4.69, 9.17) is 4.74 Å². The fourth-order valence-electron chi connectivity index (χ4n) is 2.75. The van der Waals surface area contributed by atoms with Crippen LogP contribution in [0.5, 0.6) is 5.75 Å². The molecule has 0 unspecified atom stereocenters. The minimum absolute atomic E-state index is 0.113. The van der Waals surface area contributed by atoms with Crippen LogP contribution in [-0.4, -0.2) is 35.9 Å². The van der Waals surface area contributed by atoms with E-state index >= 15 is 0 Å². The van der Waals surface area contributed by atoms with Crippen molar-refractivity contribution in [1.82, 2.24) is 10.2 Å². The summed E-state index contributed by atoms with van der Waals surface area (Å²) in [6.45, 7) is 8.61. The highest BCUT2D eigenvalue weighted by Crippen LogP contribution is 2.14. The Bertz CT molecular complexity index is 774. The number of nitrogens with one attached hydrogen (secondary N) is 1. The molecule has 0 radical (unpaired) electrons. The molecule has 0 saturated heterocycles. The summed E-state index contributed by atoms with van der Waals surface area (Å²) in [5.41, 5.74) is 2.03. The van der Waals surface area contributed by atoms with Crippen molar-refractivity contribution in [2.75, 3.05) is 13.2 Å². The van der Waals surface area contributed by atoms with Gasteiger partial charge in [0.05, 0.1) is 0 Å². The number of ether oxygens (including phenoxy) is 1. The quantitative estimate of drug-likeness (QED) is 0.721. The fraction of sp³-hybridized carbons (Fsp3) is 0.391. The van der Waals surface area contributed by atoms with Crippen LogP contribution in [0, 0.1) is 12.8 Å². The highest BCUT2D eigenvalue weighted by atomic mass is 16.5. The molecule has 2 aromatic carbocycles. The van der Waals surface area contributed by atoms with E-state index in [0.717, 1.165) is 11.1 Å². The van der Waals surface area contributed by atoms with Crippen molar-refractivity contribution < 1.29 is 14.3 Å². The van der Waals surface area contributed by atoms with E-state index in [-0.39, 0.29) is 18.4 Å². The minimum Gasteiger partial charge on any atom is -0.484 e. The first-order valence-electron chi connectivity index (χ1n) is 9.67. The van der Waals surface area contributed by atoms with Crippen LogP contribution in [0.25, 0.3) is 0 Å². The van der Waals surface area contributed by atoms with E-state index in [0.29, 0.717) is 24.8 Å². The molecule has 0 heterocycles. The van der Waals surface area contributed by atoms with E-state index in [9.17, 15) is 9.59 Å². The number of nitrogens with zero attached hydrogens (tertiary/aromatic N) is 1. The molecule has 2 aromatic rings. The molecule has 1 atom stereocenters. The third-order valence-electron chi connectivity index (χ3n) is 4.40. The molecule has 0 aliphatic carbocycles. The lowest BCUT2D eigenvalue weighted by atomic mass is 10.1. The normalized spacial score (nSPS) is 11.8. The number of carbonyl (C=O) groups is 2. The van der Waals surface area contributed by atoms with Crippen molar-refractivity contribution in [3.63, 3.8) is 0 Å². The molecule has 0 aliphatic heterocycles. The molecule has 0 saturated carbocycles. The van der Waals surface area contributed by atoms with E-state index in [1.807, 2.05) is 75.4 Å². The summed E-state index contributed by atoms with van der Waals surface area (Å²) in [5.74, 6) is 0.607. The summed E-state index contributed by atoms with van der Waals surface area (Å²) in [6, 6.07) is 16.6. The third kappa shape index (κ3) is 6.72. The van der Waals surface area contributed by atoms with Crippen LogP contribution in [0.4, 0.5) is 0 Å². The Labute approximate surface area is 167 Å². The lowest BCUT2D eigenvalue weighted by Gasteiger charge is -2.29. The third-order valence-corrected chi connectivity index (χ3v) is 4.40. The molecular formula is C23H30N2O3. The van der Waals surface area contributed by atoms with Gasteiger partial charge in [-0.15, -0.1) is 0 Å². The van der Waals surface area contributed by atoms with Gasteiger partial charge in [0.2, 0.25) is 5.91 Å². The second-order valence-corrected chi connectivity index (χ2v) is 7.43.